The van der Waals surface area contributed by atoms with Gasteiger partial charge in [-0.1, -0.05) is 19.3 Å². The van der Waals surface area contributed by atoms with Crippen LogP contribution in [0.1, 0.15) is 38.5 Å². The summed E-state index contributed by atoms with van der Waals surface area (Å²) < 4.78 is 27.3. The molecular formula is C14H16F2N2O. The van der Waals surface area contributed by atoms with Gasteiger partial charge >= 0.3 is 0 Å². The van der Waals surface area contributed by atoms with E-state index in [-0.39, 0.29) is 11.6 Å². The van der Waals surface area contributed by atoms with E-state index in [9.17, 15) is 13.6 Å². The molecule has 1 amide bonds. The molecule has 102 valence electrons. The second-order valence-corrected chi connectivity index (χ2v) is 5.47. The molecule has 0 unspecified atom stereocenters. The van der Waals surface area contributed by atoms with Crippen LogP contribution in [0.4, 0.5) is 20.2 Å². The van der Waals surface area contributed by atoms with Gasteiger partial charge in [0.15, 0.2) is 11.6 Å². The molecule has 1 aromatic rings. The molecule has 1 fully saturated rings. The second-order valence-electron chi connectivity index (χ2n) is 5.47. The summed E-state index contributed by atoms with van der Waals surface area (Å²) in [5.41, 5.74) is -0.0125. The third kappa shape index (κ3) is 2.17. The van der Waals surface area contributed by atoms with Crippen LogP contribution in [0.5, 0.6) is 0 Å². The third-order valence-corrected chi connectivity index (χ3v) is 4.07. The van der Waals surface area contributed by atoms with E-state index in [0.717, 1.165) is 38.2 Å². The van der Waals surface area contributed by atoms with Crippen molar-refractivity contribution in [2.45, 2.75) is 44.1 Å². The Morgan fingerprint density at radius 3 is 2.58 bits per heavy atom. The highest BCUT2D eigenvalue weighted by Crippen LogP contribution is 2.40. The van der Waals surface area contributed by atoms with Crippen molar-refractivity contribution in [1.29, 1.82) is 0 Å². The van der Waals surface area contributed by atoms with Gasteiger partial charge in [0.25, 0.3) is 0 Å². The van der Waals surface area contributed by atoms with E-state index in [0.29, 0.717) is 12.1 Å². The van der Waals surface area contributed by atoms with Crippen LogP contribution in [0.25, 0.3) is 0 Å². The zero-order valence-corrected chi connectivity index (χ0v) is 10.6. The van der Waals surface area contributed by atoms with Crippen molar-refractivity contribution in [2.24, 2.45) is 0 Å². The molecule has 0 saturated heterocycles. The summed E-state index contributed by atoms with van der Waals surface area (Å²) >= 11 is 0. The zero-order valence-electron chi connectivity index (χ0n) is 10.6. The molecule has 0 bridgehead atoms. The number of carbonyl (C=O) groups is 1. The van der Waals surface area contributed by atoms with Crippen LogP contribution >= 0.6 is 0 Å². The Labute approximate surface area is 110 Å². The Balaban J connectivity index is 2.05. The first-order chi connectivity index (χ1) is 9.10. The summed E-state index contributed by atoms with van der Waals surface area (Å²) in [6.07, 6.45) is 5.08. The average Bonchev–Trinajstić information content (AvgIpc) is 2.52. The summed E-state index contributed by atoms with van der Waals surface area (Å²) in [7, 11) is 0. The normalized spacial score (nSPS) is 21.3. The lowest BCUT2D eigenvalue weighted by atomic mass is 9.79. The number of nitrogens with one attached hydrogen (secondary N) is 2. The quantitative estimate of drug-likeness (QED) is 0.755. The molecule has 1 saturated carbocycles. The summed E-state index contributed by atoms with van der Waals surface area (Å²) in [5.74, 6) is -1.95. The van der Waals surface area contributed by atoms with E-state index in [2.05, 4.69) is 10.6 Å². The first-order valence-electron chi connectivity index (χ1n) is 6.66. The number of fused-ring (bicyclic) bond motifs is 1. The number of amides is 1. The van der Waals surface area contributed by atoms with Gasteiger partial charge in [-0.05, 0) is 25.0 Å². The van der Waals surface area contributed by atoms with E-state index in [4.69, 9.17) is 0 Å². The van der Waals surface area contributed by atoms with Crippen molar-refractivity contribution in [3.63, 3.8) is 0 Å². The van der Waals surface area contributed by atoms with E-state index < -0.39 is 17.2 Å². The van der Waals surface area contributed by atoms with Gasteiger partial charge < -0.3 is 10.6 Å². The van der Waals surface area contributed by atoms with Crippen molar-refractivity contribution in [3.8, 4) is 0 Å². The van der Waals surface area contributed by atoms with Gasteiger partial charge in [-0.15, -0.1) is 0 Å². The molecule has 2 N–H and O–H groups in total. The number of anilines is 2. The second kappa shape index (κ2) is 4.47. The van der Waals surface area contributed by atoms with Crippen LogP contribution in [0.15, 0.2) is 12.1 Å². The minimum atomic E-state index is -0.912. The number of halogens is 2. The van der Waals surface area contributed by atoms with Crippen molar-refractivity contribution in [1.82, 2.24) is 0 Å². The molecule has 0 aromatic heterocycles. The van der Waals surface area contributed by atoms with Gasteiger partial charge in [0.1, 0.15) is 0 Å². The molecule has 1 aliphatic carbocycles. The van der Waals surface area contributed by atoms with Gasteiger partial charge in [0.05, 0.1) is 11.4 Å². The van der Waals surface area contributed by atoms with Crippen molar-refractivity contribution in [2.75, 3.05) is 10.6 Å². The fraction of sp³-hybridized carbons (Fsp3) is 0.500. The lowest BCUT2D eigenvalue weighted by Crippen LogP contribution is -2.42. The molecular weight excluding hydrogens is 250 g/mol. The summed E-state index contributed by atoms with van der Waals surface area (Å²) in [4.78, 5) is 11.9. The number of hydrogen-bond donors (Lipinski definition) is 2. The van der Waals surface area contributed by atoms with Gasteiger partial charge in [0.2, 0.25) is 5.91 Å². The van der Waals surface area contributed by atoms with Crippen LogP contribution in [-0.2, 0) is 4.79 Å². The largest absolute Gasteiger partial charge is 0.375 e. The lowest BCUT2D eigenvalue weighted by molar-refractivity contribution is -0.117. The minimum Gasteiger partial charge on any atom is -0.375 e. The minimum absolute atomic E-state index is 0.0905. The van der Waals surface area contributed by atoms with Gasteiger partial charge in [0, 0.05) is 12.0 Å². The van der Waals surface area contributed by atoms with Crippen LogP contribution in [0.2, 0.25) is 0 Å². The van der Waals surface area contributed by atoms with Crippen molar-refractivity contribution >= 4 is 17.3 Å². The molecule has 3 rings (SSSR count). The monoisotopic (exact) mass is 266 g/mol. The fourth-order valence-electron chi connectivity index (χ4n) is 3.12. The maximum atomic E-state index is 13.9. The molecule has 5 heteroatoms. The van der Waals surface area contributed by atoms with E-state index >= 15 is 0 Å². The Bertz CT molecular complexity index is 524. The highest BCUT2D eigenvalue weighted by molar-refractivity contribution is 5.97. The Morgan fingerprint density at radius 1 is 1.11 bits per heavy atom. The number of carbonyl (C=O) groups excluding carboxylic acids is 1. The molecule has 1 aromatic carbocycles. The summed E-state index contributed by atoms with van der Waals surface area (Å²) in [6.45, 7) is 0. The molecule has 1 heterocycles. The smallest absolute Gasteiger partial charge is 0.226 e. The summed E-state index contributed by atoms with van der Waals surface area (Å²) in [5, 5.41) is 5.77. The Morgan fingerprint density at radius 2 is 1.84 bits per heavy atom. The maximum absolute atomic E-state index is 13.9. The highest BCUT2D eigenvalue weighted by atomic mass is 19.2. The zero-order chi connectivity index (χ0) is 13.5. The first-order valence-corrected chi connectivity index (χ1v) is 6.66. The van der Waals surface area contributed by atoms with E-state index in [1.54, 1.807) is 0 Å². The molecule has 1 spiro atoms. The maximum Gasteiger partial charge on any atom is 0.226 e. The summed E-state index contributed by atoms with van der Waals surface area (Å²) in [6, 6.07) is 2.44. The molecule has 3 nitrogen and oxygen atoms in total. The molecule has 0 atom stereocenters. The first kappa shape index (κ1) is 12.4. The number of rotatable bonds is 0. The van der Waals surface area contributed by atoms with E-state index in [1.807, 2.05) is 0 Å². The van der Waals surface area contributed by atoms with Crippen LogP contribution in [0, 0.1) is 11.6 Å². The van der Waals surface area contributed by atoms with Crippen LogP contribution in [0.3, 0.4) is 0 Å². The Hall–Kier alpha value is -1.65. The number of hydrogen-bond acceptors (Lipinski definition) is 2. The third-order valence-electron chi connectivity index (χ3n) is 4.07. The van der Waals surface area contributed by atoms with Gasteiger partial charge in [-0.3, -0.25) is 4.79 Å². The molecule has 0 radical (unpaired) electrons. The fourth-order valence-corrected chi connectivity index (χ4v) is 3.12. The van der Waals surface area contributed by atoms with Crippen molar-refractivity contribution in [3.05, 3.63) is 23.8 Å². The Kier molecular flexibility index (Phi) is 2.92. The predicted octanol–water partition coefficient (Wildman–Crippen LogP) is 3.42. The molecule has 2 aliphatic rings. The highest BCUT2D eigenvalue weighted by Gasteiger charge is 2.38. The standard InChI is InChI=1S/C14H16F2N2O/c15-9-4-5-10-13(12(9)16)18-14(8-11(19)17-10)6-2-1-3-7-14/h4-5,18H,1-3,6-8H2,(H,17,19). The topological polar surface area (TPSA) is 41.1 Å². The van der Waals surface area contributed by atoms with Crippen molar-refractivity contribution < 1.29 is 13.6 Å². The lowest BCUT2D eigenvalue weighted by Gasteiger charge is -2.37. The molecule has 1 aliphatic heterocycles. The SMILES string of the molecule is O=C1CC2(CCCCC2)Nc2c(ccc(F)c2F)N1. The van der Waals surface area contributed by atoms with E-state index in [1.165, 1.54) is 6.07 Å². The average molecular weight is 266 g/mol. The van der Waals surface area contributed by atoms with Crippen LogP contribution < -0.4 is 10.6 Å². The van der Waals surface area contributed by atoms with Gasteiger partial charge in [-0.25, -0.2) is 8.78 Å². The molecule has 19 heavy (non-hydrogen) atoms. The predicted molar refractivity (Wildman–Crippen MR) is 69.0 cm³/mol. The number of benzene rings is 1. The van der Waals surface area contributed by atoms with Crippen LogP contribution in [-0.4, -0.2) is 11.4 Å². The van der Waals surface area contributed by atoms with Gasteiger partial charge in [-0.2, -0.15) is 0 Å².